The lowest BCUT2D eigenvalue weighted by Gasteiger charge is -2.18. The first-order chi connectivity index (χ1) is 6.65. The van der Waals surface area contributed by atoms with E-state index in [9.17, 15) is 0 Å². The molecule has 0 bridgehead atoms. The summed E-state index contributed by atoms with van der Waals surface area (Å²) >= 11 is 1.88. The van der Waals surface area contributed by atoms with Crippen LogP contribution in [0.15, 0.2) is 29.2 Å². The van der Waals surface area contributed by atoms with Crippen LogP contribution in [0.2, 0.25) is 0 Å². The first kappa shape index (κ1) is 11.6. The van der Waals surface area contributed by atoms with Gasteiger partial charge in [-0.05, 0) is 25.0 Å². The van der Waals surface area contributed by atoms with Gasteiger partial charge in [-0.15, -0.1) is 11.8 Å². The van der Waals surface area contributed by atoms with Gasteiger partial charge in [-0.1, -0.05) is 32.0 Å². The van der Waals surface area contributed by atoms with E-state index in [4.69, 9.17) is 5.73 Å². The van der Waals surface area contributed by atoms with Crippen LogP contribution in [-0.2, 0) is 0 Å². The highest BCUT2D eigenvalue weighted by atomic mass is 32.2. The van der Waals surface area contributed by atoms with Crippen LogP contribution in [0, 0.1) is 6.92 Å². The standard InChI is InChI=1S/C12H19NS/c1-4-11(13)10(3)14-12-8-6-5-7-9(12)2/h5-8,10-11H,4,13H2,1-3H3. The van der Waals surface area contributed by atoms with E-state index in [0.717, 1.165) is 6.42 Å². The lowest BCUT2D eigenvalue weighted by molar-refractivity contribution is 0.642. The minimum atomic E-state index is 0.291. The maximum absolute atomic E-state index is 5.99. The average molecular weight is 209 g/mol. The van der Waals surface area contributed by atoms with E-state index >= 15 is 0 Å². The lowest BCUT2D eigenvalue weighted by Crippen LogP contribution is -2.29. The summed E-state index contributed by atoms with van der Waals surface area (Å²) in [6.45, 7) is 6.48. The zero-order valence-corrected chi connectivity index (χ0v) is 9.97. The van der Waals surface area contributed by atoms with E-state index in [2.05, 4.69) is 45.0 Å². The molecule has 0 aliphatic heterocycles. The van der Waals surface area contributed by atoms with Crippen LogP contribution in [0.1, 0.15) is 25.8 Å². The molecule has 1 nitrogen and oxygen atoms in total. The first-order valence-corrected chi connectivity index (χ1v) is 6.01. The molecule has 0 aromatic heterocycles. The largest absolute Gasteiger partial charge is 0.327 e. The summed E-state index contributed by atoms with van der Waals surface area (Å²) in [5.41, 5.74) is 7.33. The number of hydrogen-bond donors (Lipinski definition) is 1. The molecule has 1 aromatic rings. The van der Waals surface area contributed by atoms with Crippen LogP contribution in [0.3, 0.4) is 0 Å². The zero-order chi connectivity index (χ0) is 10.6. The van der Waals surface area contributed by atoms with Crippen molar-refractivity contribution in [2.45, 2.75) is 43.4 Å². The van der Waals surface area contributed by atoms with E-state index in [1.807, 2.05) is 11.8 Å². The smallest absolute Gasteiger partial charge is 0.0218 e. The molecule has 1 rings (SSSR count). The van der Waals surface area contributed by atoms with Crippen LogP contribution in [0.4, 0.5) is 0 Å². The topological polar surface area (TPSA) is 26.0 Å². The maximum Gasteiger partial charge on any atom is 0.0218 e. The van der Waals surface area contributed by atoms with Crippen LogP contribution in [0.5, 0.6) is 0 Å². The third-order valence-electron chi connectivity index (χ3n) is 2.48. The zero-order valence-electron chi connectivity index (χ0n) is 9.16. The molecule has 0 saturated heterocycles. The Morgan fingerprint density at radius 2 is 2.00 bits per heavy atom. The summed E-state index contributed by atoms with van der Waals surface area (Å²) in [6.07, 6.45) is 1.04. The molecular weight excluding hydrogens is 190 g/mol. The van der Waals surface area contributed by atoms with E-state index < -0.39 is 0 Å². The molecule has 2 unspecified atom stereocenters. The third-order valence-corrected chi connectivity index (χ3v) is 3.91. The molecule has 0 radical (unpaired) electrons. The molecule has 2 N–H and O–H groups in total. The van der Waals surface area contributed by atoms with Crippen LogP contribution in [0.25, 0.3) is 0 Å². The predicted octanol–water partition coefficient (Wildman–Crippen LogP) is 3.21. The highest BCUT2D eigenvalue weighted by Crippen LogP contribution is 2.27. The van der Waals surface area contributed by atoms with Crippen LogP contribution >= 0.6 is 11.8 Å². The number of nitrogens with two attached hydrogens (primary N) is 1. The van der Waals surface area contributed by atoms with Crippen molar-refractivity contribution in [2.75, 3.05) is 0 Å². The summed E-state index contributed by atoms with van der Waals surface area (Å²) in [5, 5.41) is 0.487. The van der Waals surface area contributed by atoms with Gasteiger partial charge >= 0.3 is 0 Å². The fourth-order valence-corrected chi connectivity index (χ4v) is 2.49. The normalized spacial score (nSPS) is 15.1. The van der Waals surface area contributed by atoms with Crippen LogP contribution in [-0.4, -0.2) is 11.3 Å². The Kier molecular flexibility index (Phi) is 4.49. The Morgan fingerprint density at radius 1 is 1.36 bits per heavy atom. The van der Waals surface area contributed by atoms with Gasteiger partial charge in [0.25, 0.3) is 0 Å². The molecule has 0 amide bonds. The van der Waals surface area contributed by atoms with E-state index in [-0.39, 0.29) is 0 Å². The van der Waals surface area contributed by atoms with Gasteiger partial charge < -0.3 is 5.73 Å². The van der Waals surface area contributed by atoms with Crippen molar-refractivity contribution in [2.24, 2.45) is 5.73 Å². The molecule has 1 aromatic carbocycles. The van der Waals surface area contributed by atoms with Crippen molar-refractivity contribution in [3.63, 3.8) is 0 Å². The number of rotatable bonds is 4. The van der Waals surface area contributed by atoms with Gasteiger partial charge in [0.15, 0.2) is 0 Å². The van der Waals surface area contributed by atoms with Crippen molar-refractivity contribution < 1.29 is 0 Å². The fraction of sp³-hybridized carbons (Fsp3) is 0.500. The molecule has 0 aliphatic rings. The summed E-state index contributed by atoms with van der Waals surface area (Å²) in [4.78, 5) is 1.35. The molecular formula is C12H19NS. The van der Waals surface area contributed by atoms with Crippen LogP contribution < -0.4 is 5.73 Å². The minimum absolute atomic E-state index is 0.291. The summed E-state index contributed by atoms with van der Waals surface area (Å²) in [7, 11) is 0. The van der Waals surface area contributed by atoms with Crippen molar-refractivity contribution in [3.8, 4) is 0 Å². The first-order valence-electron chi connectivity index (χ1n) is 5.13. The Labute approximate surface area is 91.1 Å². The molecule has 14 heavy (non-hydrogen) atoms. The van der Waals surface area contributed by atoms with Gasteiger partial charge in [0, 0.05) is 16.2 Å². The quantitative estimate of drug-likeness (QED) is 0.771. The van der Waals surface area contributed by atoms with Gasteiger partial charge in [-0.2, -0.15) is 0 Å². The number of hydrogen-bond acceptors (Lipinski definition) is 2. The average Bonchev–Trinajstić information content (AvgIpc) is 2.20. The lowest BCUT2D eigenvalue weighted by atomic mass is 10.2. The Hall–Kier alpha value is -0.470. The summed E-state index contributed by atoms with van der Waals surface area (Å²) < 4.78 is 0. The Bertz CT molecular complexity index is 285. The van der Waals surface area contributed by atoms with Gasteiger partial charge in [0.2, 0.25) is 0 Å². The second kappa shape index (κ2) is 5.42. The Morgan fingerprint density at radius 3 is 2.57 bits per heavy atom. The van der Waals surface area contributed by atoms with Crippen molar-refractivity contribution >= 4 is 11.8 Å². The maximum atomic E-state index is 5.99. The number of aryl methyl sites for hydroxylation is 1. The molecule has 2 heteroatoms. The van der Waals surface area contributed by atoms with Gasteiger partial charge in [0.05, 0.1) is 0 Å². The highest BCUT2D eigenvalue weighted by molar-refractivity contribution is 8.00. The molecule has 0 aliphatic carbocycles. The van der Waals surface area contributed by atoms with Crippen molar-refractivity contribution in [1.82, 2.24) is 0 Å². The van der Waals surface area contributed by atoms with E-state index in [0.29, 0.717) is 11.3 Å². The predicted molar refractivity (Wildman–Crippen MR) is 64.8 cm³/mol. The minimum Gasteiger partial charge on any atom is -0.327 e. The van der Waals surface area contributed by atoms with Gasteiger partial charge in [0.1, 0.15) is 0 Å². The van der Waals surface area contributed by atoms with E-state index in [1.165, 1.54) is 10.5 Å². The summed E-state index contributed by atoms with van der Waals surface area (Å²) in [5.74, 6) is 0. The molecule has 0 heterocycles. The van der Waals surface area contributed by atoms with Gasteiger partial charge in [-0.25, -0.2) is 0 Å². The van der Waals surface area contributed by atoms with Crippen molar-refractivity contribution in [1.29, 1.82) is 0 Å². The van der Waals surface area contributed by atoms with E-state index in [1.54, 1.807) is 0 Å². The molecule has 0 spiro atoms. The Balaban J connectivity index is 2.64. The number of thioether (sulfide) groups is 1. The fourth-order valence-electron chi connectivity index (χ4n) is 1.31. The molecule has 0 fully saturated rings. The monoisotopic (exact) mass is 209 g/mol. The number of benzene rings is 1. The molecule has 78 valence electrons. The molecule has 2 atom stereocenters. The summed E-state index contributed by atoms with van der Waals surface area (Å²) in [6, 6.07) is 8.76. The third kappa shape index (κ3) is 3.03. The highest BCUT2D eigenvalue weighted by Gasteiger charge is 2.12. The SMILES string of the molecule is CCC(N)C(C)Sc1ccccc1C. The second-order valence-corrected chi connectivity index (χ2v) is 5.08. The molecule has 0 saturated carbocycles. The van der Waals surface area contributed by atoms with Crippen molar-refractivity contribution in [3.05, 3.63) is 29.8 Å². The second-order valence-electron chi connectivity index (χ2n) is 3.66. The van der Waals surface area contributed by atoms with Gasteiger partial charge in [-0.3, -0.25) is 0 Å².